The Balaban J connectivity index is 1.65. The second kappa shape index (κ2) is 8.00. The molecule has 9 nitrogen and oxygen atoms in total. The van der Waals surface area contributed by atoms with Crippen molar-refractivity contribution in [2.45, 2.75) is 17.0 Å². The molecule has 0 atom stereocenters. The quantitative estimate of drug-likeness (QED) is 0.404. The van der Waals surface area contributed by atoms with Crippen LogP contribution in [0.2, 0.25) is 0 Å². The monoisotopic (exact) mass is 418 g/mol. The van der Waals surface area contributed by atoms with Crippen LogP contribution in [0, 0.1) is 6.92 Å². The summed E-state index contributed by atoms with van der Waals surface area (Å²) in [7, 11) is -3.84. The van der Waals surface area contributed by atoms with Crippen molar-refractivity contribution in [3.05, 3.63) is 54.1 Å². The zero-order valence-corrected chi connectivity index (χ0v) is 16.5. The van der Waals surface area contributed by atoms with Gasteiger partial charge in [-0.05, 0) is 25.1 Å². The summed E-state index contributed by atoms with van der Waals surface area (Å²) in [5, 5.41) is 16.2. The van der Waals surface area contributed by atoms with Gasteiger partial charge in [-0.2, -0.15) is 0 Å². The zero-order chi connectivity index (χ0) is 20.3. The van der Waals surface area contributed by atoms with E-state index in [0.29, 0.717) is 16.7 Å². The number of primary sulfonamides is 1. The molecule has 0 aliphatic carbocycles. The molecule has 0 unspecified atom stereocenters. The molecular formula is C17H18N6O3S2. The Morgan fingerprint density at radius 1 is 1.18 bits per heavy atom. The summed E-state index contributed by atoms with van der Waals surface area (Å²) in [6.45, 7) is 1.98. The molecule has 2 aromatic carbocycles. The molecule has 3 aromatic rings. The lowest BCUT2D eigenvalue weighted by atomic mass is 10.1. The summed E-state index contributed by atoms with van der Waals surface area (Å²) in [4.78, 5) is 12.1. The highest BCUT2D eigenvalue weighted by Crippen LogP contribution is 2.22. The highest BCUT2D eigenvalue weighted by Gasteiger charge is 2.14. The van der Waals surface area contributed by atoms with Crippen LogP contribution in [-0.4, -0.2) is 35.0 Å². The Kier molecular flexibility index (Phi) is 5.68. The van der Waals surface area contributed by atoms with E-state index in [-0.39, 0.29) is 16.6 Å². The average molecular weight is 419 g/mol. The van der Waals surface area contributed by atoms with Crippen molar-refractivity contribution in [1.82, 2.24) is 14.9 Å². The van der Waals surface area contributed by atoms with Crippen molar-refractivity contribution in [1.29, 1.82) is 0 Å². The first kappa shape index (κ1) is 19.9. The van der Waals surface area contributed by atoms with Gasteiger partial charge in [0, 0.05) is 11.3 Å². The normalized spacial score (nSPS) is 11.4. The second-order valence-corrected chi connectivity index (χ2v) is 8.46. The molecule has 0 saturated heterocycles. The maximum atomic E-state index is 12.2. The summed E-state index contributed by atoms with van der Waals surface area (Å²) in [6, 6.07) is 13.4. The molecule has 11 heteroatoms. The third-order valence-corrected chi connectivity index (χ3v) is 5.61. The van der Waals surface area contributed by atoms with Crippen LogP contribution in [0.15, 0.2) is 58.6 Å². The van der Waals surface area contributed by atoms with Gasteiger partial charge in [0.25, 0.3) is 0 Å². The Labute approximate surface area is 166 Å². The van der Waals surface area contributed by atoms with Gasteiger partial charge in [-0.1, -0.05) is 47.7 Å². The topological polar surface area (TPSA) is 146 Å². The standard InChI is InChI=1S/C17H18N6O3S2/c1-11-5-7-12(8-6-11)16-21-22-17(23(16)18)27-10-15(24)20-13-3-2-4-14(9-13)28(19,25)26/h2-9H,10,18H2,1H3,(H,20,24)(H2,19,25,26). The summed E-state index contributed by atoms with van der Waals surface area (Å²) in [5.74, 6) is 6.19. The van der Waals surface area contributed by atoms with Gasteiger partial charge in [-0.15, -0.1) is 10.2 Å². The number of nitrogens with one attached hydrogen (secondary N) is 1. The van der Waals surface area contributed by atoms with Gasteiger partial charge >= 0.3 is 0 Å². The number of thioether (sulfide) groups is 1. The molecule has 1 aromatic heterocycles. The molecule has 0 saturated carbocycles. The van der Waals surface area contributed by atoms with Crippen molar-refractivity contribution in [3.63, 3.8) is 0 Å². The Morgan fingerprint density at radius 3 is 2.57 bits per heavy atom. The lowest BCUT2D eigenvalue weighted by Crippen LogP contribution is -2.17. The van der Waals surface area contributed by atoms with Gasteiger partial charge in [0.2, 0.25) is 21.1 Å². The van der Waals surface area contributed by atoms with Crippen molar-refractivity contribution in [2.24, 2.45) is 5.14 Å². The number of carbonyl (C=O) groups is 1. The smallest absolute Gasteiger partial charge is 0.238 e. The van der Waals surface area contributed by atoms with Crippen molar-refractivity contribution in [3.8, 4) is 11.4 Å². The molecule has 0 aliphatic heterocycles. The number of amides is 1. The number of aryl methyl sites for hydroxylation is 1. The molecule has 1 heterocycles. The first-order chi connectivity index (χ1) is 13.2. The van der Waals surface area contributed by atoms with Gasteiger partial charge in [0.15, 0.2) is 5.82 Å². The van der Waals surface area contributed by atoms with Crippen LogP contribution in [0.1, 0.15) is 5.56 Å². The van der Waals surface area contributed by atoms with E-state index in [4.69, 9.17) is 11.0 Å². The largest absolute Gasteiger partial charge is 0.335 e. The Hall–Kier alpha value is -2.89. The van der Waals surface area contributed by atoms with Crippen molar-refractivity contribution in [2.75, 3.05) is 16.9 Å². The molecule has 0 fully saturated rings. The minimum Gasteiger partial charge on any atom is -0.335 e. The number of aromatic nitrogens is 3. The van der Waals surface area contributed by atoms with Crippen LogP contribution in [0.5, 0.6) is 0 Å². The SMILES string of the molecule is Cc1ccc(-c2nnc(SCC(=O)Nc3cccc(S(N)(=O)=O)c3)n2N)cc1. The Bertz CT molecular complexity index is 1110. The van der Waals surface area contributed by atoms with E-state index in [1.165, 1.54) is 22.9 Å². The van der Waals surface area contributed by atoms with E-state index in [2.05, 4.69) is 15.5 Å². The third kappa shape index (κ3) is 4.68. The summed E-state index contributed by atoms with van der Waals surface area (Å²) >= 11 is 1.11. The highest BCUT2D eigenvalue weighted by atomic mass is 32.2. The van der Waals surface area contributed by atoms with E-state index in [1.54, 1.807) is 6.07 Å². The van der Waals surface area contributed by atoms with Gasteiger partial charge in [-0.3, -0.25) is 4.79 Å². The van der Waals surface area contributed by atoms with E-state index >= 15 is 0 Å². The molecule has 0 radical (unpaired) electrons. The van der Waals surface area contributed by atoms with Gasteiger partial charge in [0.05, 0.1) is 10.6 Å². The minimum absolute atomic E-state index is 0.0167. The summed E-state index contributed by atoms with van der Waals surface area (Å²) < 4.78 is 24.1. The van der Waals surface area contributed by atoms with Crippen molar-refractivity contribution < 1.29 is 13.2 Å². The highest BCUT2D eigenvalue weighted by molar-refractivity contribution is 7.99. The van der Waals surface area contributed by atoms with Crippen LogP contribution in [0.3, 0.4) is 0 Å². The first-order valence-electron chi connectivity index (χ1n) is 8.07. The number of rotatable bonds is 6. The van der Waals surface area contributed by atoms with Crippen LogP contribution in [0.4, 0.5) is 5.69 Å². The number of sulfonamides is 1. The minimum atomic E-state index is -3.84. The van der Waals surface area contributed by atoms with Crippen LogP contribution >= 0.6 is 11.8 Å². The van der Waals surface area contributed by atoms with Gasteiger partial charge in [-0.25, -0.2) is 18.2 Å². The fourth-order valence-electron chi connectivity index (χ4n) is 2.35. The lowest BCUT2D eigenvalue weighted by molar-refractivity contribution is -0.113. The molecule has 146 valence electrons. The molecule has 0 bridgehead atoms. The molecule has 5 N–H and O–H groups in total. The first-order valence-corrected chi connectivity index (χ1v) is 10.6. The summed E-state index contributed by atoms with van der Waals surface area (Å²) in [6.07, 6.45) is 0. The fourth-order valence-corrected chi connectivity index (χ4v) is 3.57. The zero-order valence-electron chi connectivity index (χ0n) is 14.9. The van der Waals surface area contributed by atoms with E-state index in [0.717, 1.165) is 22.9 Å². The van der Waals surface area contributed by atoms with Crippen LogP contribution in [-0.2, 0) is 14.8 Å². The number of anilines is 1. The number of hydrogen-bond donors (Lipinski definition) is 3. The van der Waals surface area contributed by atoms with E-state index in [1.807, 2.05) is 31.2 Å². The number of benzene rings is 2. The fraction of sp³-hybridized carbons (Fsp3) is 0.118. The maximum Gasteiger partial charge on any atom is 0.238 e. The summed E-state index contributed by atoms with van der Waals surface area (Å²) in [5.41, 5.74) is 2.26. The average Bonchev–Trinajstić information content (AvgIpc) is 3.01. The van der Waals surface area contributed by atoms with Gasteiger partial charge < -0.3 is 11.2 Å². The predicted molar refractivity (Wildman–Crippen MR) is 108 cm³/mol. The molecule has 0 aliphatic rings. The van der Waals surface area contributed by atoms with Crippen LogP contribution in [0.25, 0.3) is 11.4 Å². The van der Waals surface area contributed by atoms with Gasteiger partial charge in [0.1, 0.15) is 0 Å². The molecule has 28 heavy (non-hydrogen) atoms. The number of hydrogen-bond acceptors (Lipinski definition) is 7. The molecule has 3 rings (SSSR count). The molecule has 0 spiro atoms. The van der Waals surface area contributed by atoms with E-state index < -0.39 is 10.0 Å². The second-order valence-electron chi connectivity index (χ2n) is 5.95. The maximum absolute atomic E-state index is 12.2. The molecular weight excluding hydrogens is 400 g/mol. The predicted octanol–water partition coefficient (Wildman–Crippen LogP) is 1.35. The number of carbonyl (C=O) groups excluding carboxylic acids is 1. The van der Waals surface area contributed by atoms with Crippen LogP contribution < -0.4 is 16.3 Å². The molecule has 1 amide bonds. The van der Waals surface area contributed by atoms with Crippen molar-refractivity contribution >= 4 is 33.4 Å². The Morgan fingerprint density at radius 2 is 1.89 bits per heavy atom. The third-order valence-electron chi connectivity index (χ3n) is 3.75. The van der Waals surface area contributed by atoms with E-state index in [9.17, 15) is 13.2 Å². The lowest BCUT2D eigenvalue weighted by Gasteiger charge is -2.07. The number of nitrogen functional groups attached to an aromatic ring is 1. The number of nitrogens with two attached hydrogens (primary N) is 2. The number of nitrogens with zero attached hydrogens (tertiary/aromatic N) is 3.